The molecule has 3 rings (SSSR count). The van der Waals surface area contributed by atoms with Gasteiger partial charge in [0.1, 0.15) is 17.2 Å². The maximum atomic E-state index is 12.1. The molecule has 1 saturated heterocycles. The lowest BCUT2D eigenvalue weighted by Crippen LogP contribution is -2.37. The quantitative estimate of drug-likeness (QED) is 0.788. The molecule has 0 aromatic carbocycles. The molecule has 1 aliphatic rings. The fourth-order valence-corrected chi connectivity index (χ4v) is 2.88. The number of hydrogen-bond acceptors (Lipinski definition) is 8. The van der Waals surface area contributed by atoms with E-state index in [9.17, 15) is 4.79 Å². The number of nitrogens with zero attached hydrogens (tertiary/aromatic N) is 4. The molecule has 26 heavy (non-hydrogen) atoms. The van der Waals surface area contributed by atoms with Crippen molar-refractivity contribution in [2.75, 3.05) is 37.9 Å². The lowest BCUT2D eigenvalue weighted by molar-refractivity contribution is 0.0601. The first-order valence-corrected chi connectivity index (χ1v) is 8.64. The van der Waals surface area contributed by atoms with Crippen LogP contribution in [0.2, 0.25) is 0 Å². The predicted molar refractivity (Wildman–Crippen MR) is 99.8 cm³/mol. The van der Waals surface area contributed by atoms with Gasteiger partial charge < -0.3 is 20.3 Å². The number of carbonyl (C=O) groups is 1. The number of nitrogens with one attached hydrogen (secondary N) is 2. The van der Waals surface area contributed by atoms with Crippen molar-refractivity contribution in [2.24, 2.45) is 0 Å². The van der Waals surface area contributed by atoms with Crippen molar-refractivity contribution in [2.45, 2.75) is 25.8 Å². The molecule has 2 aromatic heterocycles. The molecular weight excluding hydrogens is 332 g/mol. The summed E-state index contributed by atoms with van der Waals surface area (Å²) in [4.78, 5) is 27.2. The fourth-order valence-electron chi connectivity index (χ4n) is 2.88. The van der Waals surface area contributed by atoms with Gasteiger partial charge in [0.2, 0.25) is 0 Å². The number of anilines is 3. The van der Waals surface area contributed by atoms with E-state index in [0.29, 0.717) is 28.9 Å². The second kappa shape index (κ2) is 8.09. The molecule has 8 nitrogen and oxygen atoms in total. The number of methoxy groups -OCH3 is 1. The third-order valence-corrected chi connectivity index (χ3v) is 4.42. The van der Waals surface area contributed by atoms with Crippen molar-refractivity contribution in [3.05, 3.63) is 35.9 Å². The third kappa shape index (κ3) is 4.45. The normalized spacial score (nSPS) is 15.5. The van der Waals surface area contributed by atoms with Crippen LogP contribution in [-0.2, 0) is 4.74 Å². The van der Waals surface area contributed by atoms with Crippen molar-refractivity contribution >= 4 is 23.3 Å². The van der Waals surface area contributed by atoms with Gasteiger partial charge in [0.15, 0.2) is 0 Å². The van der Waals surface area contributed by atoms with E-state index in [1.165, 1.54) is 13.3 Å². The Balaban J connectivity index is 1.81. The van der Waals surface area contributed by atoms with Gasteiger partial charge in [-0.2, -0.15) is 0 Å². The summed E-state index contributed by atoms with van der Waals surface area (Å²) in [6.07, 6.45) is 6.89. The smallest absolute Gasteiger partial charge is 0.341 e. The summed E-state index contributed by atoms with van der Waals surface area (Å²) >= 11 is 0. The van der Waals surface area contributed by atoms with Crippen LogP contribution in [0.4, 0.5) is 17.3 Å². The molecule has 2 N–H and O–H groups in total. The Morgan fingerprint density at radius 3 is 2.54 bits per heavy atom. The van der Waals surface area contributed by atoms with Crippen molar-refractivity contribution in [1.82, 2.24) is 19.9 Å². The number of esters is 1. The number of aromatic nitrogens is 3. The number of ether oxygens (including phenoxy) is 1. The van der Waals surface area contributed by atoms with Crippen LogP contribution < -0.4 is 10.6 Å². The van der Waals surface area contributed by atoms with Crippen molar-refractivity contribution in [3.63, 3.8) is 0 Å². The number of carbonyl (C=O) groups excluding carboxylic acids is 1. The second-order valence-corrected chi connectivity index (χ2v) is 6.50. The first-order chi connectivity index (χ1) is 12.5. The number of aryl methyl sites for hydroxylation is 1. The Kier molecular flexibility index (Phi) is 5.62. The lowest BCUT2D eigenvalue weighted by atomic mass is 10.0. The number of likely N-dealkylation sites (tertiary alicyclic amines) is 1. The molecule has 3 heterocycles. The Labute approximate surface area is 153 Å². The van der Waals surface area contributed by atoms with E-state index in [0.717, 1.165) is 31.6 Å². The SMILES string of the molecule is COC(=O)c1cnc(Nc2cnc(C)cn2)cc1NC1CCN(C)CC1. The van der Waals surface area contributed by atoms with E-state index in [1.807, 2.05) is 13.0 Å². The first kappa shape index (κ1) is 18.1. The first-order valence-electron chi connectivity index (χ1n) is 8.64. The largest absolute Gasteiger partial charge is 0.465 e. The van der Waals surface area contributed by atoms with Crippen LogP contribution in [0.5, 0.6) is 0 Å². The molecule has 0 spiro atoms. The van der Waals surface area contributed by atoms with Gasteiger partial charge >= 0.3 is 5.97 Å². The molecule has 0 atom stereocenters. The van der Waals surface area contributed by atoms with E-state index >= 15 is 0 Å². The van der Waals surface area contributed by atoms with Crippen LogP contribution in [-0.4, -0.2) is 59.1 Å². The fraction of sp³-hybridized carbons (Fsp3) is 0.444. The van der Waals surface area contributed by atoms with E-state index in [1.54, 1.807) is 12.4 Å². The van der Waals surface area contributed by atoms with Gasteiger partial charge in [0.05, 0.1) is 30.9 Å². The van der Waals surface area contributed by atoms with Crippen LogP contribution in [0.1, 0.15) is 28.9 Å². The Bertz CT molecular complexity index is 757. The van der Waals surface area contributed by atoms with Gasteiger partial charge in [0.25, 0.3) is 0 Å². The van der Waals surface area contributed by atoms with E-state index in [-0.39, 0.29) is 0 Å². The maximum absolute atomic E-state index is 12.1. The van der Waals surface area contributed by atoms with Gasteiger partial charge in [-0.25, -0.2) is 14.8 Å². The topological polar surface area (TPSA) is 92.3 Å². The molecular formula is C18H24N6O2. The van der Waals surface area contributed by atoms with Crippen LogP contribution in [0.3, 0.4) is 0 Å². The highest BCUT2D eigenvalue weighted by atomic mass is 16.5. The zero-order valence-corrected chi connectivity index (χ0v) is 15.3. The lowest BCUT2D eigenvalue weighted by Gasteiger charge is -2.30. The molecule has 1 aliphatic heterocycles. The average molecular weight is 356 g/mol. The number of pyridine rings is 1. The predicted octanol–water partition coefficient (Wildman–Crippen LogP) is 2.22. The van der Waals surface area contributed by atoms with Gasteiger partial charge in [-0.15, -0.1) is 0 Å². The minimum absolute atomic E-state index is 0.309. The molecule has 1 fully saturated rings. The minimum Gasteiger partial charge on any atom is -0.465 e. The van der Waals surface area contributed by atoms with Crippen LogP contribution >= 0.6 is 0 Å². The second-order valence-electron chi connectivity index (χ2n) is 6.50. The molecule has 0 radical (unpaired) electrons. The van der Waals surface area contributed by atoms with Crippen LogP contribution in [0.25, 0.3) is 0 Å². The number of piperidine rings is 1. The molecule has 0 unspecified atom stereocenters. The van der Waals surface area contributed by atoms with Crippen molar-refractivity contribution in [3.8, 4) is 0 Å². The summed E-state index contributed by atoms with van der Waals surface area (Å²) in [7, 11) is 3.49. The van der Waals surface area contributed by atoms with E-state index < -0.39 is 5.97 Å². The zero-order valence-electron chi connectivity index (χ0n) is 15.3. The summed E-state index contributed by atoms with van der Waals surface area (Å²) < 4.78 is 4.88. The molecule has 2 aromatic rings. The molecule has 0 amide bonds. The number of hydrogen-bond donors (Lipinski definition) is 2. The molecule has 138 valence electrons. The molecule has 0 aliphatic carbocycles. The van der Waals surface area contributed by atoms with Gasteiger partial charge in [-0.1, -0.05) is 0 Å². The van der Waals surface area contributed by atoms with Gasteiger partial charge in [-0.3, -0.25) is 4.98 Å². The van der Waals surface area contributed by atoms with Crippen LogP contribution in [0.15, 0.2) is 24.7 Å². The minimum atomic E-state index is -0.408. The summed E-state index contributed by atoms with van der Waals surface area (Å²) in [5, 5.41) is 6.59. The molecule has 0 saturated carbocycles. The third-order valence-electron chi connectivity index (χ3n) is 4.42. The van der Waals surface area contributed by atoms with Crippen molar-refractivity contribution < 1.29 is 9.53 Å². The van der Waals surface area contributed by atoms with Crippen LogP contribution in [0, 0.1) is 6.92 Å². The Morgan fingerprint density at radius 2 is 1.88 bits per heavy atom. The van der Waals surface area contributed by atoms with E-state index in [4.69, 9.17) is 4.74 Å². The standard InChI is InChI=1S/C18H24N6O2/c1-12-9-20-17(11-19-12)23-16-8-15(14(10-21-16)18(25)26-3)22-13-4-6-24(2)7-5-13/h8-11,13H,4-7H2,1-3H3,(H2,20,21,22,23). The van der Waals surface area contributed by atoms with E-state index in [2.05, 4.69) is 37.5 Å². The Morgan fingerprint density at radius 1 is 1.15 bits per heavy atom. The summed E-state index contributed by atoms with van der Waals surface area (Å²) in [5.41, 5.74) is 1.98. The Hall–Kier alpha value is -2.74. The highest BCUT2D eigenvalue weighted by molar-refractivity contribution is 5.95. The summed E-state index contributed by atoms with van der Waals surface area (Å²) in [6, 6.07) is 2.12. The monoisotopic (exact) mass is 356 g/mol. The average Bonchev–Trinajstić information content (AvgIpc) is 2.65. The zero-order chi connectivity index (χ0) is 18.5. The summed E-state index contributed by atoms with van der Waals surface area (Å²) in [5.74, 6) is 0.778. The molecule has 8 heteroatoms. The highest BCUT2D eigenvalue weighted by Gasteiger charge is 2.20. The molecule has 0 bridgehead atoms. The van der Waals surface area contributed by atoms with Gasteiger partial charge in [-0.05, 0) is 39.9 Å². The highest BCUT2D eigenvalue weighted by Crippen LogP contribution is 2.24. The maximum Gasteiger partial charge on any atom is 0.341 e. The van der Waals surface area contributed by atoms with Gasteiger partial charge in [0, 0.05) is 18.3 Å². The summed E-state index contributed by atoms with van der Waals surface area (Å²) in [6.45, 7) is 3.94. The van der Waals surface area contributed by atoms with Crippen molar-refractivity contribution in [1.29, 1.82) is 0 Å². The number of rotatable bonds is 5.